The lowest BCUT2D eigenvalue weighted by atomic mass is 10.2. The summed E-state index contributed by atoms with van der Waals surface area (Å²) in [5.41, 5.74) is 3.87. The second kappa shape index (κ2) is 5.59. The summed E-state index contributed by atoms with van der Waals surface area (Å²) in [6.07, 6.45) is 1.99. The van der Waals surface area contributed by atoms with Gasteiger partial charge in [-0.3, -0.25) is 4.40 Å². The highest BCUT2D eigenvalue weighted by Gasteiger charge is 2.17. The molecule has 1 N–H and O–H groups in total. The molecule has 0 unspecified atom stereocenters. The summed E-state index contributed by atoms with van der Waals surface area (Å²) in [7, 11) is 0. The molecule has 4 aromatic rings. The van der Waals surface area contributed by atoms with Crippen molar-refractivity contribution in [3.05, 3.63) is 71.0 Å². The van der Waals surface area contributed by atoms with Gasteiger partial charge in [-0.05, 0) is 58.7 Å². The number of halogens is 1. The van der Waals surface area contributed by atoms with Crippen LogP contribution >= 0.6 is 15.9 Å². The Bertz CT molecular complexity index is 987. The number of nitrogens with one attached hydrogen (secondary N) is 1. The minimum Gasteiger partial charge on any atom is -0.448 e. The van der Waals surface area contributed by atoms with Crippen LogP contribution in [0.3, 0.4) is 0 Å². The molecular weight excluding hydrogens is 354 g/mol. The molecule has 0 aliphatic heterocycles. The van der Waals surface area contributed by atoms with Crippen molar-refractivity contribution in [2.45, 2.75) is 6.92 Å². The van der Waals surface area contributed by atoms with Gasteiger partial charge < -0.3 is 9.73 Å². The van der Waals surface area contributed by atoms with Crippen LogP contribution < -0.4 is 5.32 Å². The van der Waals surface area contributed by atoms with Crippen LogP contribution in [0.4, 0.5) is 11.5 Å². The minimum absolute atomic E-state index is 0.686. The fraction of sp³-hybridized carbons (Fsp3) is 0.0556. The van der Waals surface area contributed by atoms with Crippen molar-refractivity contribution < 1.29 is 4.42 Å². The number of hydrogen-bond acceptors (Lipinski definition) is 3. The zero-order valence-corrected chi connectivity index (χ0v) is 14.0. The SMILES string of the molecule is Cc1ccccc1Nc1c(-c2ccc(Br)o2)nc2ccccn12. The van der Waals surface area contributed by atoms with Gasteiger partial charge in [0, 0.05) is 11.9 Å². The molecular formula is C18H14BrN3O. The van der Waals surface area contributed by atoms with Crippen LogP contribution in [-0.2, 0) is 0 Å². The first-order valence-electron chi connectivity index (χ1n) is 7.28. The Morgan fingerprint density at radius 3 is 2.65 bits per heavy atom. The van der Waals surface area contributed by atoms with Gasteiger partial charge in [0.15, 0.2) is 10.4 Å². The highest BCUT2D eigenvalue weighted by Crippen LogP contribution is 2.33. The van der Waals surface area contributed by atoms with Gasteiger partial charge in [0.1, 0.15) is 17.2 Å². The molecule has 3 heterocycles. The fourth-order valence-electron chi connectivity index (χ4n) is 2.57. The summed E-state index contributed by atoms with van der Waals surface area (Å²) in [6.45, 7) is 2.08. The number of pyridine rings is 1. The Kier molecular flexibility index (Phi) is 3.42. The number of rotatable bonds is 3. The molecule has 23 heavy (non-hydrogen) atoms. The van der Waals surface area contributed by atoms with Gasteiger partial charge in [0.2, 0.25) is 0 Å². The topological polar surface area (TPSA) is 42.5 Å². The Morgan fingerprint density at radius 2 is 1.87 bits per heavy atom. The molecule has 0 saturated carbocycles. The first-order valence-corrected chi connectivity index (χ1v) is 8.07. The van der Waals surface area contributed by atoms with Gasteiger partial charge in [0.05, 0.1) is 0 Å². The molecule has 5 heteroatoms. The summed E-state index contributed by atoms with van der Waals surface area (Å²) in [6, 6.07) is 17.9. The quantitative estimate of drug-likeness (QED) is 0.526. The first kappa shape index (κ1) is 14.1. The van der Waals surface area contributed by atoms with Crippen LogP contribution in [-0.4, -0.2) is 9.38 Å². The average Bonchev–Trinajstić information content (AvgIpc) is 3.14. The van der Waals surface area contributed by atoms with Crippen molar-refractivity contribution in [2.75, 3.05) is 5.32 Å². The van der Waals surface area contributed by atoms with E-state index in [1.54, 1.807) is 0 Å². The number of fused-ring (bicyclic) bond motifs is 1. The average molecular weight is 368 g/mol. The van der Waals surface area contributed by atoms with E-state index in [9.17, 15) is 0 Å². The molecule has 0 aliphatic rings. The molecule has 4 nitrogen and oxygen atoms in total. The van der Waals surface area contributed by atoms with Gasteiger partial charge in [-0.1, -0.05) is 24.3 Å². The standard InChI is InChI=1S/C18H14BrN3O/c1-12-6-2-3-7-13(12)20-18-17(14-9-10-15(19)23-14)21-16-8-4-5-11-22(16)18/h2-11,20H,1H3. The molecule has 114 valence electrons. The lowest BCUT2D eigenvalue weighted by molar-refractivity contribution is 0.554. The third-order valence-corrected chi connectivity index (χ3v) is 4.16. The van der Waals surface area contributed by atoms with Gasteiger partial charge in [-0.2, -0.15) is 0 Å². The molecule has 0 amide bonds. The van der Waals surface area contributed by atoms with E-state index in [0.29, 0.717) is 4.67 Å². The zero-order chi connectivity index (χ0) is 15.8. The Labute approximate surface area is 141 Å². The lowest BCUT2D eigenvalue weighted by Crippen LogP contribution is -1.98. The smallest absolute Gasteiger partial charge is 0.169 e. The monoisotopic (exact) mass is 367 g/mol. The molecule has 0 bridgehead atoms. The second-order valence-corrected chi connectivity index (χ2v) is 6.06. The summed E-state index contributed by atoms with van der Waals surface area (Å²) >= 11 is 3.35. The minimum atomic E-state index is 0.686. The number of hydrogen-bond donors (Lipinski definition) is 1. The van der Waals surface area contributed by atoms with Crippen LogP contribution in [0, 0.1) is 6.92 Å². The predicted molar refractivity (Wildman–Crippen MR) is 95.1 cm³/mol. The first-order chi connectivity index (χ1) is 11.2. The Balaban J connectivity index is 1.91. The summed E-state index contributed by atoms with van der Waals surface area (Å²) in [5.74, 6) is 1.61. The molecule has 0 aliphatic carbocycles. The maximum atomic E-state index is 5.71. The van der Waals surface area contributed by atoms with Gasteiger partial charge in [0.25, 0.3) is 0 Å². The fourth-order valence-corrected chi connectivity index (χ4v) is 2.88. The van der Waals surface area contributed by atoms with Crippen LogP contribution in [0.2, 0.25) is 0 Å². The number of benzene rings is 1. The summed E-state index contributed by atoms with van der Waals surface area (Å²) in [5, 5.41) is 3.50. The van der Waals surface area contributed by atoms with E-state index >= 15 is 0 Å². The molecule has 4 rings (SSSR count). The van der Waals surface area contributed by atoms with E-state index < -0.39 is 0 Å². The highest BCUT2D eigenvalue weighted by molar-refractivity contribution is 9.10. The summed E-state index contributed by atoms with van der Waals surface area (Å²) < 4.78 is 8.42. The van der Waals surface area contributed by atoms with E-state index in [-0.39, 0.29) is 0 Å². The number of aromatic nitrogens is 2. The third-order valence-electron chi connectivity index (χ3n) is 3.73. The summed E-state index contributed by atoms with van der Waals surface area (Å²) in [4.78, 5) is 4.71. The molecule has 0 saturated heterocycles. The Morgan fingerprint density at radius 1 is 1.04 bits per heavy atom. The number of furan rings is 1. The maximum Gasteiger partial charge on any atom is 0.169 e. The molecule has 0 atom stereocenters. The van der Waals surface area contributed by atoms with Crippen LogP contribution in [0.15, 0.2) is 69.9 Å². The van der Waals surface area contributed by atoms with E-state index in [4.69, 9.17) is 9.40 Å². The van der Waals surface area contributed by atoms with E-state index in [1.807, 2.05) is 53.1 Å². The van der Waals surface area contributed by atoms with Crippen molar-refractivity contribution in [2.24, 2.45) is 0 Å². The second-order valence-electron chi connectivity index (χ2n) is 5.28. The van der Waals surface area contributed by atoms with Crippen molar-refractivity contribution in [3.8, 4) is 11.5 Å². The third kappa shape index (κ3) is 2.53. The number of anilines is 2. The van der Waals surface area contributed by atoms with Crippen molar-refractivity contribution >= 4 is 33.1 Å². The lowest BCUT2D eigenvalue weighted by Gasteiger charge is -2.10. The predicted octanol–water partition coefficient (Wildman–Crippen LogP) is 5.41. The largest absolute Gasteiger partial charge is 0.448 e. The van der Waals surface area contributed by atoms with Gasteiger partial charge >= 0.3 is 0 Å². The molecule has 0 radical (unpaired) electrons. The van der Waals surface area contributed by atoms with Crippen LogP contribution in [0.1, 0.15) is 5.56 Å². The Hall–Kier alpha value is -2.53. The maximum absolute atomic E-state index is 5.71. The van der Waals surface area contributed by atoms with E-state index in [0.717, 1.165) is 28.6 Å². The van der Waals surface area contributed by atoms with E-state index in [1.165, 1.54) is 5.56 Å². The van der Waals surface area contributed by atoms with Crippen LogP contribution in [0.5, 0.6) is 0 Å². The highest BCUT2D eigenvalue weighted by atomic mass is 79.9. The molecule has 0 spiro atoms. The van der Waals surface area contributed by atoms with Crippen molar-refractivity contribution in [1.29, 1.82) is 0 Å². The van der Waals surface area contributed by atoms with E-state index in [2.05, 4.69) is 40.3 Å². The van der Waals surface area contributed by atoms with Gasteiger partial charge in [-0.25, -0.2) is 4.98 Å². The molecule has 0 fully saturated rings. The number of nitrogens with zero attached hydrogens (tertiary/aromatic N) is 2. The normalized spacial score (nSPS) is 11.0. The van der Waals surface area contributed by atoms with Gasteiger partial charge in [-0.15, -0.1) is 0 Å². The molecule has 3 aromatic heterocycles. The van der Waals surface area contributed by atoms with Crippen molar-refractivity contribution in [3.63, 3.8) is 0 Å². The zero-order valence-electron chi connectivity index (χ0n) is 12.5. The number of aryl methyl sites for hydroxylation is 1. The van der Waals surface area contributed by atoms with Crippen molar-refractivity contribution in [1.82, 2.24) is 9.38 Å². The van der Waals surface area contributed by atoms with Crippen LogP contribution in [0.25, 0.3) is 17.1 Å². The number of para-hydroxylation sites is 1. The number of imidazole rings is 1. The molecule has 1 aromatic carbocycles.